The summed E-state index contributed by atoms with van der Waals surface area (Å²) in [6.07, 6.45) is 51.1. The van der Waals surface area contributed by atoms with Crippen LogP contribution in [0.25, 0.3) is 0 Å². The lowest BCUT2D eigenvalue weighted by atomic mass is 10.0. The summed E-state index contributed by atoms with van der Waals surface area (Å²) in [5, 5.41) is 10.2. The Balaban J connectivity index is 4.47. The summed E-state index contributed by atoms with van der Waals surface area (Å²) in [6.45, 7) is 3.92. The Morgan fingerprint density at radius 1 is 0.603 bits per heavy atom. The minimum atomic E-state index is -4.67. The van der Waals surface area contributed by atoms with Crippen molar-refractivity contribution in [3.63, 3.8) is 0 Å². The third-order valence-corrected chi connectivity index (χ3v) is 11.3. The molecule has 0 saturated carbocycles. The molecule has 0 fully saturated rings. The normalized spacial score (nSPS) is 14.6. The van der Waals surface area contributed by atoms with Crippen LogP contribution in [-0.4, -0.2) is 81.2 Å². The van der Waals surface area contributed by atoms with Crippen LogP contribution in [0.15, 0.2) is 72.9 Å². The number of hydrogen-bond donors (Lipinski definition) is 1. The first-order valence-electron chi connectivity index (χ1n) is 24.8. The van der Waals surface area contributed by atoms with E-state index in [0.717, 1.165) is 44.9 Å². The van der Waals surface area contributed by atoms with Gasteiger partial charge in [-0.2, -0.15) is 0 Å². The maximum Gasteiger partial charge on any atom is 0.306 e. The monoisotopic (exact) mass is 906 g/mol. The molecule has 63 heavy (non-hydrogen) atoms. The van der Waals surface area contributed by atoms with E-state index in [-0.39, 0.29) is 26.1 Å². The quantitative estimate of drug-likeness (QED) is 0.0158. The van der Waals surface area contributed by atoms with Gasteiger partial charge in [-0.3, -0.25) is 14.2 Å². The van der Waals surface area contributed by atoms with E-state index in [1.54, 1.807) is 12.2 Å². The summed E-state index contributed by atoms with van der Waals surface area (Å²) >= 11 is 0. The number of quaternary nitrogens is 1. The molecule has 2 unspecified atom stereocenters. The molecular weight excluding hydrogens is 814 g/mol. The second kappa shape index (κ2) is 43.3. The molecule has 0 aliphatic rings. The van der Waals surface area contributed by atoms with Crippen molar-refractivity contribution in [2.45, 2.75) is 199 Å². The van der Waals surface area contributed by atoms with Gasteiger partial charge in [-0.25, -0.2) is 0 Å². The smallest absolute Gasteiger partial charge is 0.306 e. The predicted octanol–water partition coefficient (Wildman–Crippen LogP) is 12.9. The molecular formula is C52H92NO9P. The Hall–Kier alpha value is -2.59. The highest BCUT2D eigenvalue weighted by atomic mass is 31.2. The molecule has 0 spiro atoms. The van der Waals surface area contributed by atoms with Crippen molar-refractivity contribution in [1.82, 2.24) is 0 Å². The van der Waals surface area contributed by atoms with Gasteiger partial charge in [0.05, 0.1) is 33.9 Å². The summed E-state index contributed by atoms with van der Waals surface area (Å²) in [5.41, 5.74) is 0. The lowest BCUT2D eigenvalue weighted by Crippen LogP contribution is -2.37. The first kappa shape index (κ1) is 60.4. The fourth-order valence-electron chi connectivity index (χ4n) is 6.47. The third kappa shape index (κ3) is 47.2. The number of aliphatic hydroxyl groups excluding tert-OH is 1. The molecule has 3 atom stereocenters. The summed E-state index contributed by atoms with van der Waals surface area (Å²) in [4.78, 5) is 37.7. The third-order valence-electron chi connectivity index (χ3n) is 10.3. The molecule has 364 valence electrons. The number of aliphatic hydroxyl groups is 1. The molecule has 0 aliphatic carbocycles. The van der Waals surface area contributed by atoms with Gasteiger partial charge in [-0.1, -0.05) is 202 Å². The van der Waals surface area contributed by atoms with Gasteiger partial charge < -0.3 is 33.0 Å². The van der Waals surface area contributed by atoms with Crippen LogP contribution in [-0.2, 0) is 32.7 Å². The lowest BCUT2D eigenvalue weighted by molar-refractivity contribution is -0.870. The molecule has 0 saturated heterocycles. The number of carbonyl (C=O) groups excluding carboxylic acids is 2. The molecule has 11 heteroatoms. The average Bonchev–Trinajstić information content (AvgIpc) is 3.23. The second-order valence-electron chi connectivity index (χ2n) is 17.7. The van der Waals surface area contributed by atoms with Gasteiger partial charge in [0.25, 0.3) is 7.82 Å². The van der Waals surface area contributed by atoms with Crippen LogP contribution >= 0.6 is 7.82 Å². The van der Waals surface area contributed by atoms with Crippen molar-refractivity contribution < 1.29 is 47.2 Å². The van der Waals surface area contributed by atoms with Gasteiger partial charge in [0.15, 0.2) is 6.10 Å². The van der Waals surface area contributed by atoms with Crippen LogP contribution in [0.5, 0.6) is 0 Å². The highest BCUT2D eigenvalue weighted by Crippen LogP contribution is 2.38. The summed E-state index contributed by atoms with van der Waals surface area (Å²) in [5.74, 6) is -1.01. The number of hydrogen-bond acceptors (Lipinski definition) is 9. The van der Waals surface area contributed by atoms with Crippen LogP contribution in [0.1, 0.15) is 187 Å². The fourth-order valence-corrected chi connectivity index (χ4v) is 7.20. The SMILES string of the molecule is CC/C=C\C/C=C\C/C=C\C/C=C\C=C/C(O)C/C=C\CCC(=O)OC[C@H](COP(=O)([O-])OCC[N+](C)(C)C)OC(=O)CCCCCCCCCCCCCCCCCCCCC. The van der Waals surface area contributed by atoms with Crippen molar-refractivity contribution in [3.8, 4) is 0 Å². The number of phosphoric acid groups is 1. The van der Waals surface area contributed by atoms with E-state index in [9.17, 15) is 24.2 Å². The number of nitrogens with zero attached hydrogens (tertiary/aromatic N) is 1. The Morgan fingerprint density at radius 3 is 1.63 bits per heavy atom. The van der Waals surface area contributed by atoms with E-state index in [1.165, 1.54) is 96.3 Å². The maximum absolute atomic E-state index is 12.7. The van der Waals surface area contributed by atoms with Gasteiger partial charge in [-0.05, 0) is 44.9 Å². The molecule has 0 aromatic heterocycles. The van der Waals surface area contributed by atoms with Crippen molar-refractivity contribution in [2.75, 3.05) is 47.5 Å². The average molecular weight is 906 g/mol. The zero-order valence-electron chi connectivity index (χ0n) is 40.6. The zero-order valence-corrected chi connectivity index (χ0v) is 41.5. The number of rotatable bonds is 44. The van der Waals surface area contributed by atoms with E-state index in [0.29, 0.717) is 30.3 Å². The molecule has 0 aliphatic heterocycles. The predicted molar refractivity (Wildman–Crippen MR) is 260 cm³/mol. The molecule has 0 amide bonds. The molecule has 0 bridgehead atoms. The highest BCUT2D eigenvalue weighted by Gasteiger charge is 2.21. The Labute approximate surface area is 385 Å². The number of unbranched alkanes of at least 4 members (excludes halogenated alkanes) is 18. The number of likely N-dealkylation sites (N-methyl/N-ethyl adjacent to an activating group) is 1. The van der Waals surface area contributed by atoms with Gasteiger partial charge in [-0.15, -0.1) is 0 Å². The van der Waals surface area contributed by atoms with Gasteiger partial charge >= 0.3 is 11.9 Å². The Kier molecular flexibility index (Phi) is 41.5. The van der Waals surface area contributed by atoms with Crippen LogP contribution in [0.3, 0.4) is 0 Å². The largest absolute Gasteiger partial charge is 0.756 e. The molecule has 0 rings (SSSR count). The number of allylic oxidation sites excluding steroid dienone is 10. The second-order valence-corrected chi connectivity index (χ2v) is 19.1. The van der Waals surface area contributed by atoms with Gasteiger partial charge in [0, 0.05) is 12.8 Å². The van der Waals surface area contributed by atoms with Crippen molar-refractivity contribution in [1.29, 1.82) is 0 Å². The van der Waals surface area contributed by atoms with Crippen molar-refractivity contribution >= 4 is 19.8 Å². The molecule has 0 heterocycles. The van der Waals surface area contributed by atoms with Crippen molar-refractivity contribution in [2.24, 2.45) is 0 Å². The van der Waals surface area contributed by atoms with Crippen LogP contribution < -0.4 is 4.89 Å². The number of ether oxygens (including phenoxy) is 2. The maximum atomic E-state index is 12.7. The zero-order chi connectivity index (χ0) is 46.5. The molecule has 0 aromatic rings. The molecule has 10 nitrogen and oxygen atoms in total. The van der Waals surface area contributed by atoms with Gasteiger partial charge in [0.1, 0.15) is 19.8 Å². The standard InChI is InChI=1S/C52H92NO9P/c1-6-8-10-12-14-16-18-20-21-22-23-24-25-27-29-31-33-35-39-44-52(56)62-50(48-61-63(57,58)60-46-45-53(3,4)5)47-59-51(55)43-40-36-38-42-49(54)41-37-34-32-30-28-26-19-17-15-13-11-9-7-2/h9,11,15,17,26,28,32,34,36-38,41,49-50,54H,6-8,10,12-14,16,18-25,27,29-31,33,35,39-40,42-48H2,1-5H3/b11-9-,17-15-,28-26-,34-32-,38-36-,41-37-/t49?,50-/m1/s1. The summed E-state index contributed by atoms with van der Waals surface area (Å²) in [7, 11) is 1.07. The topological polar surface area (TPSA) is 131 Å². The Morgan fingerprint density at radius 2 is 1.11 bits per heavy atom. The lowest BCUT2D eigenvalue weighted by Gasteiger charge is -2.28. The van der Waals surface area contributed by atoms with E-state index in [4.69, 9.17) is 18.5 Å². The molecule has 0 radical (unpaired) electrons. The number of esters is 2. The Bertz CT molecular complexity index is 1320. The molecule has 1 N–H and O–H groups in total. The first-order chi connectivity index (χ1) is 30.4. The minimum Gasteiger partial charge on any atom is -0.756 e. The highest BCUT2D eigenvalue weighted by molar-refractivity contribution is 7.45. The summed E-state index contributed by atoms with van der Waals surface area (Å²) in [6, 6.07) is 0. The number of carbonyl (C=O) groups is 2. The minimum absolute atomic E-state index is 0.0603. The van der Waals surface area contributed by atoms with Crippen molar-refractivity contribution in [3.05, 3.63) is 72.9 Å². The van der Waals surface area contributed by atoms with E-state index in [2.05, 4.69) is 50.3 Å². The molecule has 0 aromatic carbocycles. The first-order valence-corrected chi connectivity index (χ1v) is 26.2. The fraction of sp³-hybridized carbons (Fsp3) is 0.731. The van der Waals surface area contributed by atoms with Gasteiger partial charge in [0.2, 0.25) is 0 Å². The van der Waals surface area contributed by atoms with E-state index < -0.39 is 38.6 Å². The van der Waals surface area contributed by atoms with E-state index >= 15 is 0 Å². The van der Waals surface area contributed by atoms with Crippen LogP contribution in [0, 0.1) is 0 Å². The van der Waals surface area contributed by atoms with Crippen LogP contribution in [0.4, 0.5) is 0 Å². The summed E-state index contributed by atoms with van der Waals surface area (Å²) < 4.78 is 33.8. The van der Waals surface area contributed by atoms with E-state index in [1.807, 2.05) is 45.4 Å². The number of phosphoric ester groups is 1. The van der Waals surface area contributed by atoms with Crippen LogP contribution in [0.2, 0.25) is 0 Å².